The van der Waals surface area contributed by atoms with Crippen LogP contribution in [0.5, 0.6) is 0 Å². The Morgan fingerprint density at radius 2 is 1.40 bits per heavy atom. The lowest BCUT2D eigenvalue weighted by Crippen LogP contribution is -2.14. The lowest BCUT2D eigenvalue weighted by atomic mass is 10.5. The number of hydrogen-bond donors (Lipinski definition) is 0. The Morgan fingerprint density at radius 1 is 1.07 bits per heavy atom. The summed E-state index contributed by atoms with van der Waals surface area (Å²) in [6.45, 7) is 6.72. The van der Waals surface area contributed by atoms with E-state index >= 15 is 0 Å². The van der Waals surface area contributed by atoms with Gasteiger partial charge in [0.2, 0.25) is 0 Å². The number of sulfone groups is 1. The molecule has 0 fully saturated rings. The first-order chi connectivity index (χ1) is 6.54. The average molecular weight is 258 g/mol. The second-order valence-electron chi connectivity index (χ2n) is 3.97. The van der Waals surface area contributed by atoms with Crippen LogP contribution in [0.4, 0.5) is 0 Å². The van der Waals surface area contributed by atoms with E-state index in [0.29, 0.717) is 0 Å². The fraction of sp³-hybridized carbons (Fsp3) is 1.00. The molecule has 0 radical (unpaired) electrons. The van der Waals surface area contributed by atoms with E-state index in [0.717, 1.165) is 6.26 Å². The predicted octanol–water partition coefficient (Wildman–Crippen LogP) is 2.03. The van der Waals surface area contributed by atoms with E-state index in [1.54, 1.807) is 27.7 Å². The van der Waals surface area contributed by atoms with Crippen molar-refractivity contribution in [3.8, 4) is 0 Å². The maximum atomic E-state index is 12.0. The van der Waals surface area contributed by atoms with E-state index in [-0.39, 0.29) is 12.2 Å². The van der Waals surface area contributed by atoms with E-state index in [2.05, 4.69) is 0 Å². The van der Waals surface area contributed by atoms with Gasteiger partial charge in [-0.2, -0.15) is 0 Å². The third kappa shape index (κ3) is 7.96. The maximum Gasteiger partial charge on any atom is 0.346 e. The zero-order chi connectivity index (χ0) is 12.3. The zero-order valence-corrected chi connectivity index (χ0v) is 11.5. The molecule has 0 saturated carbocycles. The van der Waals surface area contributed by atoms with Crippen LogP contribution in [0.1, 0.15) is 27.7 Å². The summed E-state index contributed by atoms with van der Waals surface area (Å²) in [5.74, 6) is 0. The molecular formula is C8H19O5PS. The SMILES string of the molecule is CC(C)OP(=O)(CS(C)(=O)=O)OC(C)C. The molecule has 0 heterocycles. The summed E-state index contributed by atoms with van der Waals surface area (Å²) in [6, 6.07) is 0. The van der Waals surface area contributed by atoms with Crippen LogP contribution in [0, 0.1) is 0 Å². The van der Waals surface area contributed by atoms with Crippen molar-refractivity contribution < 1.29 is 22.0 Å². The molecular weight excluding hydrogens is 239 g/mol. The van der Waals surface area contributed by atoms with E-state index in [1.165, 1.54) is 0 Å². The Morgan fingerprint density at radius 3 is 1.60 bits per heavy atom. The highest BCUT2D eigenvalue weighted by atomic mass is 32.2. The van der Waals surface area contributed by atoms with Crippen LogP contribution in [0.25, 0.3) is 0 Å². The lowest BCUT2D eigenvalue weighted by molar-refractivity contribution is 0.145. The van der Waals surface area contributed by atoms with Gasteiger partial charge in [-0.25, -0.2) is 8.42 Å². The van der Waals surface area contributed by atoms with Crippen LogP contribution in [-0.2, 0) is 23.4 Å². The van der Waals surface area contributed by atoms with Crippen LogP contribution in [0.3, 0.4) is 0 Å². The van der Waals surface area contributed by atoms with E-state index in [1.807, 2.05) is 0 Å². The molecule has 0 N–H and O–H groups in total. The van der Waals surface area contributed by atoms with Crippen LogP contribution in [0.2, 0.25) is 0 Å². The van der Waals surface area contributed by atoms with Crippen LogP contribution in [-0.4, -0.2) is 32.4 Å². The maximum absolute atomic E-state index is 12.0. The molecule has 0 rings (SSSR count). The monoisotopic (exact) mass is 258 g/mol. The summed E-state index contributed by atoms with van der Waals surface area (Å²) in [5.41, 5.74) is -0.573. The highest BCUT2D eigenvalue weighted by Crippen LogP contribution is 2.51. The van der Waals surface area contributed by atoms with Gasteiger partial charge in [-0.1, -0.05) is 0 Å². The molecule has 0 aliphatic rings. The molecule has 0 aromatic heterocycles. The predicted molar refractivity (Wildman–Crippen MR) is 59.8 cm³/mol. The van der Waals surface area contributed by atoms with Crippen LogP contribution >= 0.6 is 7.60 Å². The van der Waals surface area contributed by atoms with E-state index in [4.69, 9.17) is 9.05 Å². The third-order valence-corrected chi connectivity index (χ3v) is 5.76. The van der Waals surface area contributed by atoms with Gasteiger partial charge < -0.3 is 9.05 Å². The van der Waals surface area contributed by atoms with Gasteiger partial charge in [-0.05, 0) is 27.7 Å². The molecule has 15 heavy (non-hydrogen) atoms. The largest absolute Gasteiger partial charge is 0.346 e. The summed E-state index contributed by atoms with van der Waals surface area (Å²) in [7, 11) is -6.93. The Balaban J connectivity index is 4.79. The van der Waals surface area contributed by atoms with Crippen molar-refractivity contribution >= 4 is 17.4 Å². The topological polar surface area (TPSA) is 69.7 Å². The minimum Gasteiger partial charge on any atom is -0.305 e. The van der Waals surface area contributed by atoms with Gasteiger partial charge in [0.05, 0.1) is 12.2 Å². The second-order valence-corrected chi connectivity index (χ2v) is 8.50. The van der Waals surface area contributed by atoms with Crippen molar-refractivity contribution in [2.24, 2.45) is 0 Å². The molecule has 0 aliphatic carbocycles. The smallest absolute Gasteiger partial charge is 0.305 e. The van der Waals surface area contributed by atoms with Gasteiger partial charge in [0, 0.05) is 6.26 Å². The van der Waals surface area contributed by atoms with Gasteiger partial charge in [0.15, 0.2) is 15.3 Å². The first kappa shape index (κ1) is 15.1. The molecule has 0 spiro atoms. The van der Waals surface area contributed by atoms with Gasteiger partial charge in [0.1, 0.15) is 0 Å². The average Bonchev–Trinajstić information content (AvgIpc) is 1.73. The fourth-order valence-electron chi connectivity index (χ4n) is 1.02. The van der Waals surface area contributed by atoms with Crippen LogP contribution in [0.15, 0.2) is 0 Å². The highest BCUT2D eigenvalue weighted by molar-refractivity contribution is 7.97. The molecule has 0 saturated heterocycles. The molecule has 0 aromatic rings. The van der Waals surface area contributed by atoms with Gasteiger partial charge in [0.25, 0.3) is 0 Å². The molecule has 0 aliphatic heterocycles. The summed E-state index contributed by atoms with van der Waals surface area (Å²) in [4.78, 5) is 0. The standard InChI is InChI=1S/C8H19O5PS/c1-7(2)12-14(9,13-8(3)4)6-15(5,10)11/h7-8H,6H2,1-5H3. The van der Waals surface area contributed by atoms with Crippen molar-refractivity contribution in [3.63, 3.8) is 0 Å². The van der Waals surface area contributed by atoms with Gasteiger partial charge in [-0.3, -0.25) is 4.57 Å². The molecule has 0 bridgehead atoms. The summed E-state index contributed by atoms with van der Waals surface area (Å²) in [5, 5.41) is 0. The van der Waals surface area contributed by atoms with Crippen molar-refractivity contribution in [2.45, 2.75) is 39.9 Å². The molecule has 92 valence electrons. The third-order valence-electron chi connectivity index (χ3n) is 1.14. The first-order valence-electron chi connectivity index (χ1n) is 4.68. The van der Waals surface area contributed by atoms with Crippen molar-refractivity contribution in [1.82, 2.24) is 0 Å². The minimum atomic E-state index is -3.54. The molecule has 0 unspecified atom stereocenters. The lowest BCUT2D eigenvalue weighted by Gasteiger charge is -2.21. The second kappa shape index (κ2) is 5.43. The number of rotatable bonds is 6. The molecule has 0 aromatic carbocycles. The highest BCUT2D eigenvalue weighted by Gasteiger charge is 2.32. The van der Waals surface area contributed by atoms with Crippen LogP contribution < -0.4 is 0 Å². The van der Waals surface area contributed by atoms with Gasteiger partial charge in [-0.15, -0.1) is 0 Å². The fourth-order valence-corrected chi connectivity index (χ4v) is 5.13. The molecule has 0 atom stereocenters. The molecule has 5 nitrogen and oxygen atoms in total. The van der Waals surface area contributed by atoms with E-state index < -0.39 is 22.9 Å². The first-order valence-corrected chi connectivity index (χ1v) is 8.46. The Bertz CT molecular complexity index is 319. The molecule has 7 heteroatoms. The number of hydrogen-bond acceptors (Lipinski definition) is 5. The van der Waals surface area contributed by atoms with E-state index in [9.17, 15) is 13.0 Å². The summed E-state index contributed by atoms with van der Waals surface area (Å²) < 4.78 is 44.3. The normalized spacial score (nSPS) is 13.8. The zero-order valence-electron chi connectivity index (χ0n) is 9.76. The van der Waals surface area contributed by atoms with Crippen molar-refractivity contribution in [1.29, 1.82) is 0 Å². The van der Waals surface area contributed by atoms with Crippen molar-refractivity contribution in [3.05, 3.63) is 0 Å². The Kier molecular flexibility index (Phi) is 5.47. The Labute approximate surface area is 91.6 Å². The summed E-state index contributed by atoms with van der Waals surface area (Å²) in [6.07, 6.45) is 0.334. The quantitative estimate of drug-likeness (QED) is 0.682. The Hall–Kier alpha value is 0.100. The van der Waals surface area contributed by atoms with Gasteiger partial charge >= 0.3 is 7.60 Å². The molecule has 0 amide bonds. The summed E-state index contributed by atoms with van der Waals surface area (Å²) >= 11 is 0. The minimum absolute atomic E-state index is 0.337. The van der Waals surface area contributed by atoms with Crippen molar-refractivity contribution in [2.75, 3.05) is 11.7 Å².